The zero-order valence-corrected chi connectivity index (χ0v) is 16.9. The molecule has 3 rings (SSSR count). The van der Waals surface area contributed by atoms with Gasteiger partial charge in [-0.1, -0.05) is 37.6 Å². The van der Waals surface area contributed by atoms with Crippen LogP contribution < -0.4 is 4.74 Å². The summed E-state index contributed by atoms with van der Waals surface area (Å²) in [6, 6.07) is 17.0. The van der Waals surface area contributed by atoms with Crippen molar-refractivity contribution >= 4 is 17.6 Å². The lowest BCUT2D eigenvalue weighted by Gasteiger charge is -2.23. The van der Waals surface area contributed by atoms with Crippen LogP contribution in [-0.4, -0.2) is 20.9 Å². The van der Waals surface area contributed by atoms with Gasteiger partial charge in [0.1, 0.15) is 12.4 Å². The van der Waals surface area contributed by atoms with E-state index in [2.05, 4.69) is 5.10 Å². The van der Waals surface area contributed by atoms with Crippen molar-refractivity contribution in [1.29, 1.82) is 0 Å². The van der Waals surface area contributed by atoms with Crippen molar-refractivity contribution < 1.29 is 14.6 Å². The Morgan fingerprint density at radius 3 is 2.39 bits per heavy atom. The van der Waals surface area contributed by atoms with Crippen molar-refractivity contribution in [2.45, 2.75) is 39.2 Å². The number of ether oxygens (including phenoxy) is 1. The van der Waals surface area contributed by atoms with E-state index in [4.69, 9.17) is 21.4 Å². The van der Waals surface area contributed by atoms with E-state index in [0.29, 0.717) is 11.6 Å². The number of carboxylic acid groups (broad SMARTS) is 1. The standard InChI is InChI=1S/C22H23ClN2O3/c1-15-12-19(25(24-15)18-8-6-17(23)7-9-18)14-28-20-10-4-16(5-11-20)22(2,3)13-21(26)27/h4-12H,13-14H2,1-3H3,(H,26,27). The summed E-state index contributed by atoms with van der Waals surface area (Å²) in [6.07, 6.45) is 0.0761. The van der Waals surface area contributed by atoms with Crippen LogP contribution in [0.1, 0.15) is 37.2 Å². The summed E-state index contributed by atoms with van der Waals surface area (Å²) in [5.41, 5.74) is 3.27. The fourth-order valence-corrected chi connectivity index (χ4v) is 3.23. The number of halogens is 1. The molecule has 1 aromatic heterocycles. The third kappa shape index (κ3) is 4.73. The fraction of sp³-hybridized carbons (Fsp3) is 0.273. The van der Waals surface area contributed by atoms with Crippen molar-refractivity contribution in [3.05, 3.63) is 76.6 Å². The second-order valence-electron chi connectivity index (χ2n) is 7.43. The molecule has 0 spiro atoms. The number of carbonyl (C=O) groups is 1. The molecule has 0 unspecified atom stereocenters. The molecule has 0 aliphatic rings. The van der Waals surface area contributed by atoms with Crippen molar-refractivity contribution in [2.24, 2.45) is 0 Å². The van der Waals surface area contributed by atoms with Crippen LogP contribution in [0.2, 0.25) is 5.02 Å². The predicted octanol–water partition coefficient (Wildman–Crippen LogP) is 5.17. The van der Waals surface area contributed by atoms with E-state index in [1.165, 1.54) is 0 Å². The lowest BCUT2D eigenvalue weighted by molar-refractivity contribution is -0.138. The predicted molar refractivity (Wildman–Crippen MR) is 109 cm³/mol. The molecule has 0 saturated carbocycles. The largest absolute Gasteiger partial charge is 0.487 e. The van der Waals surface area contributed by atoms with Gasteiger partial charge in [-0.2, -0.15) is 5.10 Å². The van der Waals surface area contributed by atoms with Gasteiger partial charge in [0.2, 0.25) is 0 Å². The number of benzene rings is 2. The Hall–Kier alpha value is -2.79. The highest BCUT2D eigenvalue weighted by Gasteiger charge is 2.24. The van der Waals surface area contributed by atoms with Gasteiger partial charge in [-0.15, -0.1) is 0 Å². The Balaban J connectivity index is 1.73. The quantitative estimate of drug-likeness (QED) is 0.596. The molecule has 6 heteroatoms. The smallest absolute Gasteiger partial charge is 0.304 e. The minimum atomic E-state index is -0.809. The monoisotopic (exact) mass is 398 g/mol. The van der Waals surface area contributed by atoms with E-state index in [1.807, 2.05) is 80.1 Å². The lowest BCUT2D eigenvalue weighted by Crippen LogP contribution is -2.21. The second-order valence-corrected chi connectivity index (χ2v) is 7.87. The molecule has 2 aromatic carbocycles. The first-order valence-corrected chi connectivity index (χ1v) is 9.39. The third-order valence-electron chi connectivity index (χ3n) is 4.59. The van der Waals surface area contributed by atoms with Crippen LogP contribution in [0.3, 0.4) is 0 Å². The van der Waals surface area contributed by atoms with Crippen LogP contribution in [0, 0.1) is 6.92 Å². The minimum Gasteiger partial charge on any atom is -0.487 e. The zero-order valence-electron chi connectivity index (χ0n) is 16.1. The lowest BCUT2D eigenvalue weighted by atomic mass is 9.82. The minimum absolute atomic E-state index is 0.0761. The summed E-state index contributed by atoms with van der Waals surface area (Å²) in [5, 5.41) is 14.3. The highest BCUT2D eigenvalue weighted by Crippen LogP contribution is 2.29. The molecule has 0 amide bonds. The highest BCUT2D eigenvalue weighted by molar-refractivity contribution is 6.30. The molecule has 0 saturated heterocycles. The number of nitrogens with zero attached hydrogens (tertiary/aromatic N) is 2. The molecule has 0 radical (unpaired) electrons. The first-order chi connectivity index (χ1) is 13.2. The van der Waals surface area contributed by atoms with Gasteiger partial charge in [0, 0.05) is 10.4 Å². The van der Waals surface area contributed by atoms with Crippen molar-refractivity contribution in [3.8, 4) is 11.4 Å². The van der Waals surface area contributed by atoms with Gasteiger partial charge in [-0.3, -0.25) is 4.79 Å². The maximum atomic E-state index is 11.0. The Morgan fingerprint density at radius 1 is 1.14 bits per heavy atom. The Morgan fingerprint density at radius 2 is 1.79 bits per heavy atom. The molecule has 28 heavy (non-hydrogen) atoms. The van der Waals surface area contributed by atoms with Gasteiger partial charge in [-0.05, 0) is 55.0 Å². The summed E-state index contributed by atoms with van der Waals surface area (Å²) in [7, 11) is 0. The molecule has 0 bridgehead atoms. The molecule has 1 N–H and O–H groups in total. The van der Waals surface area contributed by atoms with Crippen LogP contribution in [0.15, 0.2) is 54.6 Å². The van der Waals surface area contributed by atoms with E-state index in [9.17, 15) is 4.79 Å². The van der Waals surface area contributed by atoms with Crippen LogP contribution in [0.5, 0.6) is 5.75 Å². The molecule has 5 nitrogen and oxygen atoms in total. The molecular formula is C22H23ClN2O3. The Kier molecular flexibility index (Phi) is 5.75. The van der Waals surface area contributed by atoms with Gasteiger partial charge >= 0.3 is 5.97 Å². The van der Waals surface area contributed by atoms with Crippen LogP contribution >= 0.6 is 11.6 Å². The summed E-state index contributed by atoms with van der Waals surface area (Å²) < 4.78 is 7.78. The second kappa shape index (κ2) is 8.07. The topological polar surface area (TPSA) is 64.3 Å². The first-order valence-electron chi connectivity index (χ1n) is 9.01. The number of aromatic nitrogens is 2. The molecule has 3 aromatic rings. The number of hydrogen-bond acceptors (Lipinski definition) is 3. The average molecular weight is 399 g/mol. The Bertz CT molecular complexity index is 960. The third-order valence-corrected chi connectivity index (χ3v) is 4.84. The van der Waals surface area contributed by atoms with Crippen LogP contribution in [-0.2, 0) is 16.8 Å². The number of aliphatic carboxylic acids is 1. The van der Waals surface area contributed by atoms with E-state index in [-0.39, 0.29) is 6.42 Å². The summed E-state index contributed by atoms with van der Waals surface area (Å²) in [6.45, 7) is 6.14. The first kappa shape index (κ1) is 20.0. The van der Waals surface area contributed by atoms with Gasteiger partial charge in [0.25, 0.3) is 0 Å². The molecule has 0 atom stereocenters. The van der Waals surface area contributed by atoms with Gasteiger partial charge in [0.05, 0.1) is 23.5 Å². The molecule has 0 aliphatic heterocycles. The fourth-order valence-electron chi connectivity index (χ4n) is 3.10. The van der Waals surface area contributed by atoms with E-state index in [1.54, 1.807) is 0 Å². The van der Waals surface area contributed by atoms with Gasteiger partial charge in [-0.25, -0.2) is 4.68 Å². The number of rotatable bonds is 7. The normalized spacial score (nSPS) is 11.4. The molecule has 146 valence electrons. The molecule has 0 aliphatic carbocycles. The zero-order chi connectivity index (χ0) is 20.3. The van der Waals surface area contributed by atoms with Crippen molar-refractivity contribution in [1.82, 2.24) is 9.78 Å². The SMILES string of the molecule is Cc1cc(COc2ccc(C(C)(C)CC(=O)O)cc2)n(-c2ccc(Cl)cc2)n1. The number of hydrogen-bond donors (Lipinski definition) is 1. The van der Waals surface area contributed by atoms with Gasteiger partial charge < -0.3 is 9.84 Å². The molecular weight excluding hydrogens is 376 g/mol. The van der Waals surface area contributed by atoms with Crippen LogP contribution in [0.25, 0.3) is 5.69 Å². The number of aryl methyl sites for hydroxylation is 1. The van der Waals surface area contributed by atoms with E-state index >= 15 is 0 Å². The summed E-state index contributed by atoms with van der Waals surface area (Å²) in [4.78, 5) is 11.0. The highest BCUT2D eigenvalue weighted by atomic mass is 35.5. The van der Waals surface area contributed by atoms with Crippen LogP contribution in [0.4, 0.5) is 0 Å². The van der Waals surface area contributed by atoms with E-state index < -0.39 is 11.4 Å². The van der Waals surface area contributed by atoms with Gasteiger partial charge in [0.15, 0.2) is 0 Å². The summed E-state index contributed by atoms with van der Waals surface area (Å²) in [5.74, 6) is -0.0902. The maximum Gasteiger partial charge on any atom is 0.304 e. The molecule has 0 fully saturated rings. The summed E-state index contributed by atoms with van der Waals surface area (Å²) >= 11 is 5.97. The van der Waals surface area contributed by atoms with E-state index in [0.717, 1.165) is 28.4 Å². The Labute approximate surface area is 169 Å². The molecule has 1 heterocycles. The number of carboxylic acids is 1. The average Bonchev–Trinajstić information content (AvgIpc) is 3.00. The van der Waals surface area contributed by atoms with Crippen molar-refractivity contribution in [2.75, 3.05) is 0 Å². The maximum absolute atomic E-state index is 11.0. The van der Waals surface area contributed by atoms with Crippen molar-refractivity contribution in [3.63, 3.8) is 0 Å².